The summed E-state index contributed by atoms with van der Waals surface area (Å²) < 4.78 is 12.6. The molecule has 1 aromatic carbocycles. The molecule has 2 N–H and O–H groups in total. The first-order chi connectivity index (χ1) is 5.77. The van der Waals surface area contributed by atoms with Crippen molar-refractivity contribution < 1.29 is 4.39 Å². The molecule has 0 aromatic heterocycles. The molecule has 2 heteroatoms. The van der Waals surface area contributed by atoms with Crippen LogP contribution in [0.2, 0.25) is 0 Å². The fraction of sp³-hybridized carbons (Fsp3) is 0.400. The van der Waals surface area contributed by atoms with Crippen molar-refractivity contribution >= 4 is 5.69 Å². The Balaban J connectivity index is 2.29. The van der Waals surface area contributed by atoms with E-state index < -0.39 is 0 Å². The van der Waals surface area contributed by atoms with Gasteiger partial charge >= 0.3 is 0 Å². The summed E-state index contributed by atoms with van der Waals surface area (Å²) in [5.41, 5.74) is 7.23. The molecule has 1 nitrogen and oxygen atoms in total. The van der Waals surface area contributed by atoms with Gasteiger partial charge in [0, 0.05) is 11.1 Å². The van der Waals surface area contributed by atoms with E-state index in [-0.39, 0.29) is 12.1 Å². The average molecular weight is 165 g/mol. The molecule has 0 amide bonds. The van der Waals surface area contributed by atoms with Crippen LogP contribution in [0, 0.1) is 0 Å². The van der Waals surface area contributed by atoms with Crippen LogP contribution in [0.1, 0.15) is 18.4 Å². The largest absolute Gasteiger partial charge is 0.399 e. The number of alkyl halides is 1. The molecule has 2 rings (SSSR count). The second-order valence-corrected chi connectivity index (χ2v) is 3.54. The van der Waals surface area contributed by atoms with Crippen molar-refractivity contribution in [2.45, 2.75) is 18.3 Å². The van der Waals surface area contributed by atoms with Crippen LogP contribution in [0.5, 0.6) is 0 Å². The zero-order valence-electron chi connectivity index (χ0n) is 6.89. The van der Waals surface area contributed by atoms with Gasteiger partial charge in [0.2, 0.25) is 0 Å². The number of anilines is 1. The number of hydrogen-bond acceptors (Lipinski definition) is 1. The molecule has 0 atom stereocenters. The summed E-state index contributed by atoms with van der Waals surface area (Å²) in [6, 6.07) is 7.54. The van der Waals surface area contributed by atoms with Gasteiger partial charge < -0.3 is 5.73 Å². The van der Waals surface area contributed by atoms with E-state index in [0.29, 0.717) is 0 Å². The van der Waals surface area contributed by atoms with E-state index in [1.807, 2.05) is 24.3 Å². The van der Waals surface area contributed by atoms with Crippen molar-refractivity contribution in [3.63, 3.8) is 0 Å². The standard InChI is InChI=1S/C10H12FN/c11-7-10(5-6-10)8-1-3-9(12)4-2-8/h1-4H,5-7,12H2. The van der Waals surface area contributed by atoms with Crippen LogP contribution in [-0.4, -0.2) is 6.67 Å². The van der Waals surface area contributed by atoms with Gasteiger partial charge in [0.15, 0.2) is 0 Å². The van der Waals surface area contributed by atoms with Crippen LogP contribution in [0.4, 0.5) is 10.1 Å². The predicted molar refractivity (Wildman–Crippen MR) is 47.7 cm³/mol. The van der Waals surface area contributed by atoms with Gasteiger partial charge in [-0.1, -0.05) is 12.1 Å². The predicted octanol–water partition coefficient (Wildman–Crippen LogP) is 2.27. The first kappa shape index (κ1) is 7.59. The highest BCUT2D eigenvalue weighted by Gasteiger charge is 2.44. The van der Waals surface area contributed by atoms with Crippen LogP contribution >= 0.6 is 0 Å². The van der Waals surface area contributed by atoms with Gasteiger partial charge in [0.25, 0.3) is 0 Å². The van der Waals surface area contributed by atoms with Crippen LogP contribution in [-0.2, 0) is 5.41 Å². The minimum atomic E-state index is -0.239. The van der Waals surface area contributed by atoms with Gasteiger partial charge in [-0.15, -0.1) is 0 Å². The third-order valence-corrected chi connectivity index (χ3v) is 2.63. The highest BCUT2D eigenvalue weighted by Crippen LogP contribution is 2.48. The normalized spacial score (nSPS) is 19.1. The van der Waals surface area contributed by atoms with Gasteiger partial charge in [0.05, 0.1) is 6.67 Å². The quantitative estimate of drug-likeness (QED) is 0.668. The molecule has 0 bridgehead atoms. The Morgan fingerprint density at radius 1 is 1.25 bits per heavy atom. The second kappa shape index (κ2) is 2.47. The summed E-state index contributed by atoms with van der Waals surface area (Å²) in [6.45, 7) is -0.239. The minimum absolute atomic E-state index is 0.145. The topological polar surface area (TPSA) is 26.0 Å². The Hall–Kier alpha value is -1.05. The van der Waals surface area contributed by atoms with Crippen LogP contribution in [0.3, 0.4) is 0 Å². The molecular formula is C10H12FN. The Morgan fingerprint density at radius 3 is 2.25 bits per heavy atom. The fourth-order valence-corrected chi connectivity index (χ4v) is 1.49. The van der Waals surface area contributed by atoms with Gasteiger partial charge in [0.1, 0.15) is 0 Å². The molecule has 0 aliphatic heterocycles. The van der Waals surface area contributed by atoms with Crippen molar-refractivity contribution in [3.8, 4) is 0 Å². The van der Waals surface area contributed by atoms with Gasteiger partial charge in [-0.2, -0.15) is 0 Å². The molecular weight excluding hydrogens is 153 g/mol. The van der Waals surface area contributed by atoms with E-state index in [1.54, 1.807) is 0 Å². The minimum Gasteiger partial charge on any atom is -0.399 e. The lowest BCUT2D eigenvalue weighted by atomic mass is 9.97. The summed E-state index contributed by atoms with van der Waals surface area (Å²) in [6.07, 6.45) is 1.96. The van der Waals surface area contributed by atoms with E-state index in [2.05, 4.69) is 0 Å². The van der Waals surface area contributed by atoms with Gasteiger partial charge in [-0.05, 0) is 30.5 Å². The molecule has 1 aliphatic carbocycles. The monoisotopic (exact) mass is 165 g/mol. The number of nitrogens with two attached hydrogens (primary N) is 1. The van der Waals surface area contributed by atoms with Gasteiger partial charge in [-0.25, -0.2) is 0 Å². The summed E-state index contributed by atoms with van der Waals surface area (Å²) >= 11 is 0. The fourth-order valence-electron chi connectivity index (χ4n) is 1.49. The highest BCUT2D eigenvalue weighted by atomic mass is 19.1. The Labute approximate surface area is 71.4 Å². The Bertz CT molecular complexity index is 274. The number of benzene rings is 1. The molecule has 12 heavy (non-hydrogen) atoms. The van der Waals surface area contributed by atoms with Crippen molar-refractivity contribution in [1.29, 1.82) is 0 Å². The maximum absolute atomic E-state index is 12.6. The average Bonchev–Trinajstić information content (AvgIpc) is 2.86. The zero-order valence-corrected chi connectivity index (χ0v) is 6.89. The van der Waals surface area contributed by atoms with E-state index >= 15 is 0 Å². The number of halogens is 1. The number of nitrogen functional groups attached to an aromatic ring is 1. The van der Waals surface area contributed by atoms with Crippen molar-refractivity contribution in [2.75, 3.05) is 12.4 Å². The highest BCUT2D eigenvalue weighted by molar-refractivity contribution is 5.43. The summed E-state index contributed by atoms with van der Waals surface area (Å²) in [5, 5.41) is 0. The lowest BCUT2D eigenvalue weighted by molar-refractivity contribution is 0.418. The molecule has 0 heterocycles. The molecule has 64 valence electrons. The molecule has 0 saturated heterocycles. The number of rotatable bonds is 2. The molecule has 0 spiro atoms. The van der Waals surface area contributed by atoms with E-state index in [4.69, 9.17) is 5.73 Å². The Kier molecular flexibility index (Phi) is 1.56. The lowest BCUT2D eigenvalue weighted by Gasteiger charge is -2.10. The van der Waals surface area contributed by atoms with Crippen LogP contribution < -0.4 is 5.73 Å². The molecule has 1 aliphatic rings. The molecule has 1 saturated carbocycles. The maximum atomic E-state index is 12.6. The van der Waals surface area contributed by atoms with E-state index in [9.17, 15) is 4.39 Å². The summed E-state index contributed by atoms with van der Waals surface area (Å²) in [4.78, 5) is 0. The van der Waals surface area contributed by atoms with Crippen LogP contribution in [0.25, 0.3) is 0 Å². The third kappa shape index (κ3) is 1.07. The van der Waals surface area contributed by atoms with E-state index in [1.165, 1.54) is 0 Å². The SMILES string of the molecule is Nc1ccc(C2(CF)CC2)cc1. The van der Waals surface area contributed by atoms with Crippen LogP contribution in [0.15, 0.2) is 24.3 Å². The second-order valence-electron chi connectivity index (χ2n) is 3.54. The van der Waals surface area contributed by atoms with Crippen molar-refractivity contribution in [3.05, 3.63) is 29.8 Å². The first-order valence-corrected chi connectivity index (χ1v) is 4.19. The lowest BCUT2D eigenvalue weighted by Crippen LogP contribution is -2.08. The summed E-state index contributed by atoms with van der Waals surface area (Å²) in [5.74, 6) is 0. The first-order valence-electron chi connectivity index (χ1n) is 4.19. The maximum Gasteiger partial charge on any atom is 0.0990 e. The molecule has 0 unspecified atom stereocenters. The smallest absolute Gasteiger partial charge is 0.0990 e. The van der Waals surface area contributed by atoms with Crippen molar-refractivity contribution in [1.82, 2.24) is 0 Å². The van der Waals surface area contributed by atoms with E-state index in [0.717, 1.165) is 24.1 Å². The van der Waals surface area contributed by atoms with Crippen molar-refractivity contribution in [2.24, 2.45) is 0 Å². The Morgan fingerprint density at radius 2 is 1.83 bits per heavy atom. The summed E-state index contributed by atoms with van der Waals surface area (Å²) in [7, 11) is 0. The molecule has 1 aromatic rings. The number of hydrogen-bond donors (Lipinski definition) is 1. The third-order valence-electron chi connectivity index (χ3n) is 2.63. The van der Waals surface area contributed by atoms with Gasteiger partial charge in [-0.3, -0.25) is 4.39 Å². The zero-order chi connectivity index (χ0) is 8.60. The molecule has 1 fully saturated rings. The molecule has 0 radical (unpaired) electrons.